The molecule has 0 radical (unpaired) electrons. The van der Waals surface area contributed by atoms with Crippen LogP contribution in [0.4, 0.5) is 0 Å². The monoisotopic (exact) mass is 224 g/mol. The second-order valence-electron chi connectivity index (χ2n) is 4.20. The second-order valence-corrected chi connectivity index (χ2v) is 4.20. The van der Waals surface area contributed by atoms with E-state index in [4.69, 9.17) is 0 Å². The number of ether oxygens (including phenoxy) is 1. The van der Waals surface area contributed by atoms with Gasteiger partial charge in [0.2, 0.25) is 0 Å². The Kier molecular flexibility index (Phi) is 5.83. The van der Waals surface area contributed by atoms with Gasteiger partial charge < -0.3 is 4.74 Å². The number of esters is 2. The van der Waals surface area contributed by atoms with E-state index >= 15 is 0 Å². The second kappa shape index (κ2) is 7.20. The smallest absolute Gasteiger partial charge is 0.328 e. The molecule has 16 heavy (non-hydrogen) atoms. The molecule has 0 N–H and O–H groups in total. The predicted octanol–water partition coefficient (Wildman–Crippen LogP) is 2.99. The van der Waals surface area contributed by atoms with Crippen molar-refractivity contribution in [2.24, 2.45) is 5.92 Å². The minimum Gasteiger partial charge on any atom is -0.392 e. The number of carbonyl (C=O) groups is 2. The molecular formula is C13H20O3. The van der Waals surface area contributed by atoms with Crippen molar-refractivity contribution in [1.82, 2.24) is 0 Å². The van der Waals surface area contributed by atoms with Gasteiger partial charge in [-0.3, -0.25) is 9.59 Å². The maximum absolute atomic E-state index is 10.8. The van der Waals surface area contributed by atoms with Crippen LogP contribution in [0, 0.1) is 5.92 Å². The SMILES string of the molecule is CCCCCCC/C=C\CC1C(=O)OC1=O. The summed E-state index contributed by atoms with van der Waals surface area (Å²) < 4.78 is 4.26. The first-order valence-electron chi connectivity index (χ1n) is 6.16. The minimum atomic E-state index is -0.517. The van der Waals surface area contributed by atoms with Gasteiger partial charge in [0.05, 0.1) is 0 Å². The van der Waals surface area contributed by atoms with Gasteiger partial charge in [-0.2, -0.15) is 0 Å². The third kappa shape index (κ3) is 4.17. The Morgan fingerprint density at radius 2 is 1.75 bits per heavy atom. The molecule has 0 atom stereocenters. The van der Waals surface area contributed by atoms with E-state index in [9.17, 15) is 9.59 Å². The molecule has 0 unspecified atom stereocenters. The van der Waals surface area contributed by atoms with Crippen LogP contribution < -0.4 is 0 Å². The van der Waals surface area contributed by atoms with Gasteiger partial charge in [0.15, 0.2) is 5.92 Å². The van der Waals surface area contributed by atoms with E-state index in [1.54, 1.807) is 0 Å². The topological polar surface area (TPSA) is 43.4 Å². The fourth-order valence-electron chi connectivity index (χ4n) is 1.69. The molecule has 0 aromatic heterocycles. The van der Waals surface area contributed by atoms with E-state index in [2.05, 4.69) is 17.7 Å². The van der Waals surface area contributed by atoms with Crippen molar-refractivity contribution in [2.75, 3.05) is 0 Å². The Balaban J connectivity index is 1.96. The van der Waals surface area contributed by atoms with Crippen LogP contribution in [0.15, 0.2) is 12.2 Å². The Bertz CT molecular complexity index is 254. The van der Waals surface area contributed by atoms with E-state index in [-0.39, 0.29) is 11.9 Å². The van der Waals surface area contributed by atoms with Crippen LogP contribution in [0.2, 0.25) is 0 Å². The molecule has 0 aromatic carbocycles. The fraction of sp³-hybridized carbons (Fsp3) is 0.692. The molecule has 0 amide bonds. The molecule has 0 aliphatic carbocycles. The zero-order chi connectivity index (χ0) is 11.8. The Labute approximate surface area is 96.9 Å². The molecule has 0 bridgehead atoms. The molecule has 0 aromatic rings. The van der Waals surface area contributed by atoms with Gasteiger partial charge in [-0.05, 0) is 19.3 Å². The number of rotatable bonds is 8. The summed E-state index contributed by atoms with van der Waals surface area (Å²) in [5.41, 5.74) is 0. The van der Waals surface area contributed by atoms with E-state index in [0.29, 0.717) is 6.42 Å². The number of allylic oxidation sites excluding steroid dienone is 2. The van der Waals surface area contributed by atoms with Crippen LogP contribution >= 0.6 is 0 Å². The zero-order valence-electron chi connectivity index (χ0n) is 9.91. The summed E-state index contributed by atoms with van der Waals surface area (Å²) in [6, 6.07) is 0. The number of carbonyl (C=O) groups excluding carboxylic acids is 2. The van der Waals surface area contributed by atoms with Crippen LogP contribution in [0.25, 0.3) is 0 Å². The highest BCUT2D eigenvalue weighted by atomic mass is 16.6. The number of cyclic esters (lactones) is 2. The van der Waals surface area contributed by atoms with E-state index in [1.165, 1.54) is 32.1 Å². The molecule has 3 heteroatoms. The number of hydrogen-bond acceptors (Lipinski definition) is 3. The highest BCUT2D eigenvalue weighted by Gasteiger charge is 2.40. The Morgan fingerprint density at radius 1 is 1.06 bits per heavy atom. The van der Waals surface area contributed by atoms with Crippen molar-refractivity contribution >= 4 is 11.9 Å². The summed E-state index contributed by atoms with van der Waals surface area (Å²) in [4.78, 5) is 21.6. The van der Waals surface area contributed by atoms with Crippen LogP contribution in [-0.2, 0) is 14.3 Å². The lowest BCUT2D eigenvalue weighted by molar-refractivity contribution is -0.183. The van der Waals surface area contributed by atoms with E-state index in [0.717, 1.165) is 6.42 Å². The third-order valence-electron chi connectivity index (χ3n) is 2.78. The van der Waals surface area contributed by atoms with Gasteiger partial charge in [-0.25, -0.2) is 0 Å². The van der Waals surface area contributed by atoms with Crippen molar-refractivity contribution in [1.29, 1.82) is 0 Å². The van der Waals surface area contributed by atoms with Crippen LogP contribution in [0.1, 0.15) is 51.9 Å². The summed E-state index contributed by atoms with van der Waals surface area (Å²) >= 11 is 0. The summed E-state index contributed by atoms with van der Waals surface area (Å²) in [5, 5.41) is 0. The summed E-state index contributed by atoms with van der Waals surface area (Å²) in [6.07, 6.45) is 11.9. The number of unbranched alkanes of at least 4 members (excludes halogenated alkanes) is 5. The molecule has 1 aliphatic heterocycles. The first kappa shape index (κ1) is 12.9. The molecular weight excluding hydrogens is 204 g/mol. The van der Waals surface area contributed by atoms with Crippen LogP contribution in [0.3, 0.4) is 0 Å². The van der Waals surface area contributed by atoms with Gasteiger partial charge in [0.1, 0.15) is 0 Å². The number of hydrogen-bond donors (Lipinski definition) is 0. The normalized spacial score (nSPS) is 16.6. The lowest BCUT2D eigenvalue weighted by Crippen LogP contribution is -2.40. The Hall–Kier alpha value is -1.12. The van der Waals surface area contributed by atoms with Gasteiger partial charge >= 0.3 is 11.9 Å². The molecule has 1 saturated heterocycles. The molecule has 0 spiro atoms. The molecule has 1 rings (SSSR count). The largest absolute Gasteiger partial charge is 0.392 e. The Morgan fingerprint density at radius 3 is 2.38 bits per heavy atom. The van der Waals surface area contributed by atoms with Gasteiger partial charge in [0.25, 0.3) is 0 Å². The summed E-state index contributed by atoms with van der Waals surface area (Å²) in [7, 11) is 0. The van der Waals surface area contributed by atoms with Gasteiger partial charge in [-0.15, -0.1) is 0 Å². The molecule has 1 aliphatic rings. The van der Waals surface area contributed by atoms with Gasteiger partial charge in [-0.1, -0.05) is 44.8 Å². The van der Waals surface area contributed by atoms with Crippen molar-refractivity contribution in [2.45, 2.75) is 51.9 Å². The lowest BCUT2D eigenvalue weighted by atomic mass is 10.0. The van der Waals surface area contributed by atoms with E-state index < -0.39 is 5.92 Å². The molecule has 90 valence electrons. The fourth-order valence-corrected chi connectivity index (χ4v) is 1.69. The highest BCUT2D eigenvalue weighted by molar-refractivity contribution is 6.09. The summed E-state index contributed by atoms with van der Waals surface area (Å²) in [5.74, 6) is -1.27. The molecule has 0 saturated carbocycles. The molecule has 3 nitrogen and oxygen atoms in total. The summed E-state index contributed by atoms with van der Waals surface area (Å²) in [6.45, 7) is 2.20. The highest BCUT2D eigenvalue weighted by Crippen LogP contribution is 2.19. The van der Waals surface area contributed by atoms with Crippen LogP contribution in [0.5, 0.6) is 0 Å². The first-order valence-corrected chi connectivity index (χ1v) is 6.16. The first-order chi connectivity index (χ1) is 7.75. The van der Waals surface area contributed by atoms with Crippen molar-refractivity contribution < 1.29 is 14.3 Å². The zero-order valence-corrected chi connectivity index (χ0v) is 9.91. The average Bonchev–Trinajstić information content (AvgIpc) is 2.27. The average molecular weight is 224 g/mol. The lowest BCUT2D eigenvalue weighted by Gasteiger charge is -2.19. The van der Waals surface area contributed by atoms with Crippen LogP contribution in [-0.4, -0.2) is 11.9 Å². The van der Waals surface area contributed by atoms with Crippen molar-refractivity contribution in [3.8, 4) is 0 Å². The predicted molar refractivity (Wildman–Crippen MR) is 61.7 cm³/mol. The molecule has 1 heterocycles. The minimum absolute atomic E-state index is 0.377. The molecule has 1 fully saturated rings. The maximum Gasteiger partial charge on any atom is 0.328 e. The van der Waals surface area contributed by atoms with Crippen molar-refractivity contribution in [3.05, 3.63) is 12.2 Å². The standard InChI is InChI=1S/C13H20O3/c1-2-3-4-5-6-7-8-9-10-11-12(14)16-13(11)15/h8-9,11H,2-7,10H2,1H3/b9-8-. The quantitative estimate of drug-likeness (QED) is 0.275. The van der Waals surface area contributed by atoms with Crippen molar-refractivity contribution in [3.63, 3.8) is 0 Å². The maximum atomic E-state index is 10.8. The van der Waals surface area contributed by atoms with Gasteiger partial charge in [0, 0.05) is 0 Å². The third-order valence-corrected chi connectivity index (χ3v) is 2.78. The van der Waals surface area contributed by atoms with E-state index in [1.807, 2.05) is 6.08 Å².